The Hall–Kier alpha value is -2.70. The number of carbonyl (C=O) groups excluding carboxylic acids is 2. The number of amides is 2. The molecule has 16 heteroatoms. The number of carboxylic acid groups (broad SMARTS) is 1. The van der Waals surface area contributed by atoms with E-state index in [1.54, 1.807) is 13.8 Å². The number of aromatic nitrogens is 1. The smallest absolute Gasteiger partial charge is 0.336 e. The Morgan fingerprint density at radius 1 is 1.19 bits per heavy atom. The average Bonchev–Trinajstić information content (AvgIpc) is 3.56. The fourth-order valence-electron chi connectivity index (χ4n) is 6.67. The third-order valence-electron chi connectivity index (χ3n) is 9.17. The number of nitrogens with one attached hydrogen (secondary N) is 2. The van der Waals surface area contributed by atoms with Crippen molar-refractivity contribution >= 4 is 17.8 Å². The molecule has 3 fully saturated rings. The van der Waals surface area contributed by atoms with Crippen LogP contribution >= 0.6 is 0 Å². The molecule has 0 unspecified atom stereocenters. The molecule has 0 saturated carbocycles. The van der Waals surface area contributed by atoms with Crippen molar-refractivity contribution in [2.24, 2.45) is 0 Å². The first-order valence-corrected chi connectivity index (χ1v) is 16.1. The van der Waals surface area contributed by atoms with Crippen LogP contribution in [0.3, 0.4) is 0 Å². The number of hydrogen-bond acceptors (Lipinski definition) is 13. The number of ether oxygens (including phenoxy) is 3. The maximum Gasteiger partial charge on any atom is 0.336 e. The number of oxazole rings is 1. The van der Waals surface area contributed by atoms with Gasteiger partial charge in [0.2, 0.25) is 5.91 Å². The van der Waals surface area contributed by atoms with E-state index in [0.29, 0.717) is 39.6 Å². The number of carboxylic acids is 1. The van der Waals surface area contributed by atoms with Crippen molar-refractivity contribution in [2.45, 2.75) is 108 Å². The predicted molar refractivity (Wildman–Crippen MR) is 165 cm³/mol. The maximum atomic E-state index is 12.9. The summed E-state index contributed by atoms with van der Waals surface area (Å²) in [5, 5.41) is 48.9. The number of rotatable bonds is 12. The van der Waals surface area contributed by atoms with E-state index in [4.69, 9.17) is 18.6 Å². The molecule has 47 heavy (non-hydrogen) atoms. The molecule has 7 atom stereocenters. The summed E-state index contributed by atoms with van der Waals surface area (Å²) in [5.41, 5.74) is -2.59. The fourth-order valence-corrected chi connectivity index (χ4v) is 6.67. The van der Waals surface area contributed by atoms with Crippen LogP contribution in [0, 0.1) is 13.8 Å². The van der Waals surface area contributed by atoms with E-state index in [1.165, 1.54) is 6.92 Å². The molecule has 266 valence electrons. The van der Waals surface area contributed by atoms with Crippen LogP contribution in [0.15, 0.2) is 4.42 Å². The third-order valence-corrected chi connectivity index (χ3v) is 9.17. The Bertz CT molecular complexity index is 1270. The minimum absolute atomic E-state index is 0.0162. The lowest BCUT2D eigenvalue weighted by Gasteiger charge is -2.49. The highest BCUT2D eigenvalue weighted by atomic mass is 16.6. The quantitative estimate of drug-likeness (QED) is 0.160. The molecule has 0 aromatic carbocycles. The molecule has 3 saturated heterocycles. The molecule has 4 rings (SSSR count). The van der Waals surface area contributed by atoms with Gasteiger partial charge in [-0.05, 0) is 34.1 Å². The van der Waals surface area contributed by atoms with E-state index >= 15 is 0 Å². The average molecular weight is 670 g/mol. The number of aryl methyl sites for hydroxylation is 2. The lowest BCUT2D eigenvalue weighted by Crippen LogP contribution is -2.68. The summed E-state index contributed by atoms with van der Waals surface area (Å²) in [5.74, 6) is -1.99. The zero-order valence-corrected chi connectivity index (χ0v) is 28.2. The lowest BCUT2D eigenvalue weighted by molar-refractivity contribution is -0.231. The van der Waals surface area contributed by atoms with Crippen LogP contribution in [-0.2, 0) is 23.8 Å². The Balaban J connectivity index is 1.49. The number of hydrogen-bond donors (Lipinski definition) is 6. The second kappa shape index (κ2) is 14.8. The number of likely N-dealkylation sites (tertiary alicyclic amines) is 1. The number of aliphatic hydroxyl groups excluding tert-OH is 3. The van der Waals surface area contributed by atoms with Gasteiger partial charge in [-0.2, -0.15) is 0 Å². The van der Waals surface area contributed by atoms with E-state index in [-0.39, 0.29) is 41.3 Å². The Morgan fingerprint density at radius 2 is 1.91 bits per heavy atom. The molecule has 6 N–H and O–H groups in total. The van der Waals surface area contributed by atoms with Crippen LogP contribution in [0.2, 0.25) is 0 Å². The monoisotopic (exact) mass is 669 g/mol. The SMILES string of the molecule is CC(=O)N[C@H]1[C@H]([C@H](O)[C@H](O)CNC(=O)c2nc(C)oc2C)O[C@@](CCN2CCOC[C@@]23CCN(COC(C)(C)C)C3)(C(=O)O)C[C@@H]1O. The summed E-state index contributed by atoms with van der Waals surface area (Å²) in [7, 11) is 0. The van der Waals surface area contributed by atoms with E-state index in [2.05, 4.69) is 25.4 Å². The molecule has 3 aliphatic rings. The minimum atomic E-state index is -1.95. The first kappa shape index (κ1) is 37.1. The molecule has 16 nitrogen and oxygen atoms in total. The first-order chi connectivity index (χ1) is 21.9. The topological polar surface area (TPSA) is 216 Å². The molecule has 3 aliphatic heterocycles. The van der Waals surface area contributed by atoms with E-state index < -0.39 is 60.4 Å². The molecule has 0 radical (unpaired) electrons. The molecule has 1 aromatic heterocycles. The van der Waals surface area contributed by atoms with Gasteiger partial charge in [0.25, 0.3) is 5.91 Å². The van der Waals surface area contributed by atoms with E-state index in [1.807, 2.05) is 20.8 Å². The van der Waals surface area contributed by atoms with Gasteiger partial charge in [-0.1, -0.05) is 0 Å². The van der Waals surface area contributed by atoms with Crippen molar-refractivity contribution < 1.29 is 53.4 Å². The fraction of sp³-hybridized carbons (Fsp3) is 0.806. The Labute approximate surface area is 274 Å². The molecule has 0 bridgehead atoms. The van der Waals surface area contributed by atoms with Gasteiger partial charge >= 0.3 is 5.97 Å². The van der Waals surface area contributed by atoms with Gasteiger partial charge in [0.15, 0.2) is 17.2 Å². The van der Waals surface area contributed by atoms with Gasteiger partial charge in [-0.15, -0.1) is 0 Å². The van der Waals surface area contributed by atoms with Crippen LogP contribution in [0.25, 0.3) is 0 Å². The molecule has 0 aliphatic carbocycles. The second-order valence-electron chi connectivity index (χ2n) is 14.0. The number of nitrogens with zero attached hydrogens (tertiary/aromatic N) is 3. The van der Waals surface area contributed by atoms with E-state index in [9.17, 15) is 34.8 Å². The Morgan fingerprint density at radius 3 is 2.53 bits per heavy atom. The summed E-state index contributed by atoms with van der Waals surface area (Å²) >= 11 is 0. The van der Waals surface area contributed by atoms with Crippen molar-refractivity contribution in [1.29, 1.82) is 0 Å². The van der Waals surface area contributed by atoms with Crippen LogP contribution in [0.5, 0.6) is 0 Å². The molecule has 4 heterocycles. The molecular formula is C31H51N5O11. The first-order valence-electron chi connectivity index (χ1n) is 16.1. The van der Waals surface area contributed by atoms with Gasteiger partial charge < -0.3 is 49.7 Å². The van der Waals surface area contributed by atoms with Crippen LogP contribution < -0.4 is 10.6 Å². The van der Waals surface area contributed by atoms with Crippen LogP contribution in [-0.4, -0.2) is 153 Å². The largest absolute Gasteiger partial charge is 0.479 e. The lowest BCUT2D eigenvalue weighted by atomic mass is 9.81. The van der Waals surface area contributed by atoms with Crippen molar-refractivity contribution in [1.82, 2.24) is 25.4 Å². The Kier molecular flexibility index (Phi) is 11.7. The minimum Gasteiger partial charge on any atom is -0.479 e. The van der Waals surface area contributed by atoms with Gasteiger partial charge in [0.05, 0.1) is 49.3 Å². The third kappa shape index (κ3) is 8.86. The van der Waals surface area contributed by atoms with Crippen LogP contribution in [0.4, 0.5) is 0 Å². The number of carbonyl (C=O) groups is 3. The zero-order chi connectivity index (χ0) is 34.7. The summed E-state index contributed by atoms with van der Waals surface area (Å²) in [6.45, 7) is 13.6. The number of morpholine rings is 1. The number of aliphatic carboxylic acids is 1. The van der Waals surface area contributed by atoms with Crippen LogP contribution in [0.1, 0.15) is 69.1 Å². The maximum absolute atomic E-state index is 12.9. The molecular weight excluding hydrogens is 618 g/mol. The summed E-state index contributed by atoms with van der Waals surface area (Å²) < 4.78 is 23.3. The van der Waals surface area contributed by atoms with Crippen molar-refractivity contribution in [2.75, 3.05) is 52.7 Å². The summed E-state index contributed by atoms with van der Waals surface area (Å²) in [4.78, 5) is 46.0. The zero-order valence-electron chi connectivity index (χ0n) is 28.2. The number of aliphatic hydroxyl groups is 3. The normalized spacial score (nSPS) is 30.3. The van der Waals surface area contributed by atoms with Crippen molar-refractivity contribution in [3.63, 3.8) is 0 Å². The predicted octanol–water partition coefficient (Wildman–Crippen LogP) is -0.840. The molecule has 1 spiro atoms. The van der Waals surface area contributed by atoms with Gasteiger partial charge in [0.1, 0.15) is 18.0 Å². The summed E-state index contributed by atoms with van der Waals surface area (Å²) in [6, 6.07) is -1.23. The molecule has 1 aromatic rings. The highest BCUT2D eigenvalue weighted by Gasteiger charge is 2.55. The highest BCUT2D eigenvalue weighted by Crippen LogP contribution is 2.37. The molecule has 2 amide bonds. The highest BCUT2D eigenvalue weighted by molar-refractivity contribution is 5.93. The van der Waals surface area contributed by atoms with Gasteiger partial charge in [0, 0.05) is 59.4 Å². The van der Waals surface area contributed by atoms with Crippen molar-refractivity contribution in [3.8, 4) is 0 Å². The van der Waals surface area contributed by atoms with E-state index in [0.717, 1.165) is 13.0 Å². The van der Waals surface area contributed by atoms with Crippen molar-refractivity contribution in [3.05, 3.63) is 17.3 Å². The summed E-state index contributed by atoms with van der Waals surface area (Å²) in [6.07, 6.45) is -6.04. The second-order valence-corrected chi connectivity index (χ2v) is 14.0. The standard InChI is InChI=1S/C31H51N5O11/c1-18-23(34-20(3)46-18)27(41)32-14-22(39)25(40)26-24(33-19(2)37)21(38)13-31(47-26,28(42)43)8-10-36-11-12-44-16-30(36)7-9-35(15-30)17-45-29(4,5)6/h21-22,24-26,38-40H,7-17H2,1-6H3,(H,32,41)(H,33,37)(H,42,43)/t21-,22+,24+,25+,26+,30-,31+/m0/s1. The van der Waals surface area contributed by atoms with Gasteiger partial charge in [-0.25, -0.2) is 9.78 Å². The van der Waals surface area contributed by atoms with Gasteiger partial charge in [-0.3, -0.25) is 19.4 Å².